The van der Waals surface area contributed by atoms with Crippen LogP contribution in [-0.4, -0.2) is 32.8 Å². The maximum Gasteiger partial charge on any atom is 0.433 e. The molecule has 0 saturated heterocycles. The Balaban J connectivity index is 1.26. The SMILES string of the molecule is C[C@H](NC(=O)[C@H]1C[C@@H]1c1nc2ccccc2[nH]1)C(=O)NCc1ccc(C(F)(F)F)nc1. The summed E-state index contributed by atoms with van der Waals surface area (Å²) in [6.45, 7) is 1.56. The molecule has 10 heteroatoms. The summed E-state index contributed by atoms with van der Waals surface area (Å²) in [6, 6.07) is 8.94. The highest BCUT2D eigenvalue weighted by Gasteiger charge is 2.46. The smallest absolute Gasteiger partial charge is 0.350 e. The van der Waals surface area contributed by atoms with Crippen LogP contribution >= 0.6 is 0 Å². The summed E-state index contributed by atoms with van der Waals surface area (Å²) in [5, 5.41) is 5.27. The Morgan fingerprint density at radius 3 is 2.68 bits per heavy atom. The van der Waals surface area contributed by atoms with Gasteiger partial charge in [0.05, 0.1) is 11.0 Å². The number of H-pyrrole nitrogens is 1. The van der Waals surface area contributed by atoms with Crippen LogP contribution in [0.4, 0.5) is 13.2 Å². The standard InChI is InChI=1S/C21H20F3N5O2/c1-11(19(30)26-10-12-6-7-17(25-9-12)21(22,23)24)27-20(31)14-8-13(14)18-28-15-4-2-3-5-16(15)29-18/h2-7,9,11,13-14H,8,10H2,1H3,(H,26,30)(H,27,31)(H,28,29)/t11-,13-,14-/m0/s1. The van der Waals surface area contributed by atoms with Gasteiger partial charge in [0.25, 0.3) is 0 Å². The zero-order valence-electron chi connectivity index (χ0n) is 16.5. The number of amides is 2. The number of aromatic nitrogens is 3. The lowest BCUT2D eigenvalue weighted by Gasteiger charge is -2.14. The van der Waals surface area contributed by atoms with E-state index in [1.165, 1.54) is 6.07 Å². The molecular weight excluding hydrogens is 411 g/mol. The predicted molar refractivity (Wildman–Crippen MR) is 106 cm³/mol. The summed E-state index contributed by atoms with van der Waals surface area (Å²) < 4.78 is 37.6. The molecule has 0 radical (unpaired) electrons. The minimum Gasteiger partial charge on any atom is -0.350 e. The maximum atomic E-state index is 12.5. The van der Waals surface area contributed by atoms with Crippen LogP contribution in [0.3, 0.4) is 0 Å². The zero-order chi connectivity index (χ0) is 22.2. The van der Waals surface area contributed by atoms with Crippen molar-refractivity contribution in [3.63, 3.8) is 0 Å². The second-order valence-corrected chi connectivity index (χ2v) is 7.59. The van der Waals surface area contributed by atoms with Gasteiger partial charge in [-0.2, -0.15) is 13.2 Å². The molecule has 4 rings (SSSR count). The minimum atomic E-state index is -4.51. The highest BCUT2D eigenvalue weighted by Crippen LogP contribution is 2.46. The average Bonchev–Trinajstić information content (AvgIpc) is 3.43. The van der Waals surface area contributed by atoms with Gasteiger partial charge in [-0.05, 0) is 37.1 Å². The Morgan fingerprint density at radius 1 is 1.23 bits per heavy atom. The number of fused-ring (bicyclic) bond motifs is 1. The fraction of sp³-hybridized carbons (Fsp3) is 0.333. The van der Waals surface area contributed by atoms with E-state index in [0.29, 0.717) is 12.0 Å². The molecule has 1 aliphatic carbocycles. The molecule has 1 fully saturated rings. The molecule has 1 aromatic carbocycles. The van der Waals surface area contributed by atoms with E-state index in [9.17, 15) is 22.8 Å². The van der Waals surface area contributed by atoms with Crippen molar-refractivity contribution in [2.45, 2.75) is 38.0 Å². The van der Waals surface area contributed by atoms with Gasteiger partial charge in [-0.1, -0.05) is 18.2 Å². The third kappa shape index (κ3) is 4.68. The topological polar surface area (TPSA) is 99.8 Å². The van der Waals surface area contributed by atoms with Crippen molar-refractivity contribution in [2.24, 2.45) is 5.92 Å². The van der Waals surface area contributed by atoms with E-state index in [1.807, 2.05) is 24.3 Å². The molecule has 0 aliphatic heterocycles. The van der Waals surface area contributed by atoms with Crippen LogP contribution in [0.15, 0.2) is 42.6 Å². The summed E-state index contributed by atoms with van der Waals surface area (Å²) in [5.74, 6) is -0.178. The summed E-state index contributed by atoms with van der Waals surface area (Å²) in [5.41, 5.74) is 1.18. The number of aromatic amines is 1. The summed E-state index contributed by atoms with van der Waals surface area (Å²) in [6.07, 6.45) is -2.80. The Bertz CT molecular complexity index is 1080. The first kappa shape index (κ1) is 20.8. The number of para-hydroxylation sites is 2. The fourth-order valence-corrected chi connectivity index (χ4v) is 3.36. The number of imidazole rings is 1. The lowest BCUT2D eigenvalue weighted by molar-refractivity contribution is -0.141. The van der Waals surface area contributed by atoms with Crippen molar-refractivity contribution in [1.82, 2.24) is 25.6 Å². The van der Waals surface area contributed by atoms with E-state index in [4.69, 9.17) is 0 Å². The molecule has 2 amide bonds. The van der Waals surface area contributed by atoms with Gasteiger partial charge in [-0.3, -0.25) is 14.6 Å². The van der Waals surface area contributed by atoms with E-state index < -0.39 is 23.8 Å². The number of alkyl halides is 3. The van der Waals surface area contributed by atoms with Crippen LogP contribution in [0.5, 0.6) is 0 Å². The third-order valence-corrected chi connectivity index (χ3v) is 5.22. The quantitative estimate of drug-likeness (QED) is 0.559. The molecule has 3 N–H and O–H groups in total. The molecule has 3 atom stereocenters. The molecule has 31 heavy (non-hydrogen) atoms. The molecule has 2 aromatic heterocycles. The van der Waals surface area contributed by atoms with Crippen LogP contribution in [-0.2, 0) is 22.3 Å². The number of benzene rings is 1. The molecular formula is C21H20F3N5O2. The highest BCUT2D eigenvalue weighted by molar-refractivity contribution is 5.90. The Kier molecular flexibility index (Phi) is 5.38. The van der Waals surface area contributed by atoms with Crippen LogP contribution < -0.4 is 10.6 Å². The first-order valence-electron chi connectivity index (χ1n) is 9.77. The van der Waals surface area contributed by atoms with Crippen LogP contribution in [0.2, 0.25) is 0 Å². The minimum absolute atomic E-state index is 0.00915. The maximum absolute atomic E-state index is 12.5. The Morgan fingerprint density at radius 2 is 2.00 bits per heavy atom. The van der Waals surface area contributed by atoms with Crippen molar-refractivity contribution < 1.29 is 22.8 Å². The summed E-state index contributed by atoms with van der Waals surface area (Å²) in [4.78, 5) is 35.8. The van der Waals surface area contributed by atoms with Crippen LogP contribution in [0.25, 0.3) is 11.0 Å². The van der Waals surface area contributed by atoms with Gasteiger partial charge in [0.2, 0.25) is 11.8 Å². The number of carbonyl (C=O) groups excluding carboxylic acids is 2. The first-order valence-corrected chi connectivity index (χ1v) is 9.77. The van der Waals surface area contributed by atoms with E-state index in [0.717, 1.165) is 29.1 Å². The average molecular weight is 431 g/mol. The second-order valence-electron chi connectivity index (χ2n) is 7.59. The predicted octanol–water partition coefficient (Wildman–Crippen LogP) is 2.90. The van der Waals surface area contributed by atoms with Crippen LogP contribution in [0, 0.1) is 5.92 Å². The molecule has 7 nitrogen and oxygen atoms in total. The number of pyridine rings is 1. The van der Waals surface area contributed by atoms with Crippen molar-refractivity contribution in [3.05, 3.63) is 59.7 Å². The Labute approximate surface area is 175 Å². The highest BCUT2D eigenvalue weighted by atomic mass is 19.4. The summed E-state index contributed by atoms with van der Waals surface area (Å²) >= 11 is 0. The fourth-order valence-electron chi connectivity index (χ4n) is 3.36. The second kappa shape index (κ2) is 8.01. The van der Waals surface area contributed by atoms with Gasteiger partial charge in [-0.15, -0.1) is 0 Å². The molecule has 0 unspecified atom stereocenters. The number of carbonyl (C=O) groups is 2. The molecule has 0 bridgehead atoms. The monoisotopic (exact) mass is 431 g/mol. The molecule has 1 saturated carbocycles. The van der Waals surface area contributed by atoms with Gasteiger partial charge >= 0.3 is 6.18 Å². The summed E-state index contributed by atoms with van der Waals surface area (Å²) in [7, 11) is 0. The third-order valence-electron chi connectivity index (χ3n) is 5.22. The van der Waals surface area contributed by atoms with E-state index in [2.05, 4.69) is 25.6 Å². The number of nitrogens with zero attached hydrogens (tertiary/aromatic N) is 2. The van der Waals surface area contributed by atoms with E-state index >= 15 is 0 Å². The normalized spacial score (nSPS) is 19.1. The number of halogens is 3. The van der Waals surface area contributed by atoms with Crippen molar-refractivity contribution in [2.75, 3.05) is 0 Å². The Hall–Kier alpha value is -3.43. The molecule has 2 heterocycles. The van der Waals surface area contributed by atoms with Crippen molar-refractivity contribution in [1.29, 1.82) is 0 Å². The van der Waals surface area contributed by atoms with Crippen molar-refractivity contribution in [3.8, 4) is 0 Å². The largest absolute Gasteiger partial charge is 0.433 e. The lowest BCUT2D eigenvalue weighted by Crippen LogP contribution is -2.45. The van der Waals surface area contributed by atoms with E-state index in [-0.39, 0.29) is 24.3 Å². The van der Waals surface area contributed by atoms with Gasteiger partial charge in [0.15, 0.2) is 0 Å². The van der Waals surface area contributed by atoms with Gasteiger partial charge in [0, 0.05) is 24.6 Å². The first-order chi connectivity index (χ1) is 14.7. The van der Waals surface area contributed by atoms with Crippen LogP contribution in [0.1, 0.15) is 36.3 Å². The molecule has 3 aromatic rings. The number of rotatable bonds is 6. The number of hydrogen-bond donors (Lipinski definition) is 3. The molecule has 1 aliphatic rings. The molecule has 162 valence electrons. The van der Waals surface area contributed by atoms with E-state index in [1.54, 1.807) is 6.92 Å². The van der Waals surface area contributed by atoms with Crippen molar-refractivity contribution >= 4 is 22.8 Å². The lowest BCUT2D eigenvalue weighted by atomic mass is 10.2. The number of nitrogens with one attached hydrogen (secondary N) is 3. The zero-order valence-corrected chi connectivity index (χ0v) is 16.5. The van der Waals surface area contributed by atoms with Gasteiger partial charge in [-0.25, -0.2) is 4.98 Å². The molecule has 0 spiro atoms. The number of hydrogen-bond acceptors (Lipinski definition) is 4. The van der Waals surface area contributed by atoms with Gasteiger partial charge in [0.1, 0.15) is 17.6 Å². The van der Waals surface area contributed by atoms with Gasteiger partial charge < -0.3 is 15.6 Å².